The molecule has 1 rings (SSSR count). The average molecular weight is 231 g/mol. The number of rotatable bonds is 5. The lowest BCUT2D eigenvalue weighted by molar-refractivity contribution is -0.122. The second kappa shape index (κ2) is 6.63. The van der Waals surface area contributed by atoms with Gasteiger partial charge in [-0.05, 0) is 11.6 Å². The molecule has 0 saturated heterocycles. The molecule has 1 aromatic rings. The Kier molecular flexibility index (Phi) is 5.14. The Hall–Kier alpha value is -1.90. The Labute approximate surface area is 102 Å². The quantitative estimate of drug-likeness (QED) is 0.784. The lowest BCUT2D eigenvalue weighted by Gasteiger charge is -2.03. The van der Waals surface area contributed by atoms with Crippen molar-refractivity contribution in [2.75, 3.05) is 7.05 Å². The van der Waals surface area contributed by atoms with E-state index in [9.17, 15) is 9.59 Å². The molecule has 3 heteroatoms. The number of ketones is 1. The number of carbonyl (C=O) groups excluding carboxylic acids is 2. The summed E-state index contributed by atoms with van der Waals surface area (Å²) >= 11 is 0. The second-order valence-electron chi connectivity index (χ2n) is 3.89. The molecule has 1 N–H and O–H groups in total. The average Bonchev–Trinajstić information content (AvgIpc) is 2.36. The van der Waals surface area contributed by atoms with Gasteiger partial charge in [-0.3, -0.25) is 9.59 Å². The van der Waals surface area contributed by atoms with Gasteiger partial charge < -0.3 is 5.32 Å². The summed E-state index contributed by atoms with van der Waals surface area (Å²) in [6, 6.07) is 9.54. The van der Waals surface area contributed by atoms with Crippen molar-refractivity contribution in [1.82, 2.24) is 5.32 Å². The Morgan fingerprint density at radius 3 is 2.53 bits per heavy atom. The number of hydrogen-bond donors (Lipinski definition) is 1. The van der Waals surface area contributed by atoms with Crippen LogP contribution >= 0.6 is 0 Å². The van der Waals surface area contributed by atoms with Crippen molar-refractivity contribution >= 4 is 11.7 Å². The number of benzene rings is 1. The Morgan fingerprint density at radius 1 is 1.29 bits per heavy atom. The van der Waals surface area contributed by atoms with Crippen molar-refractivity contribution in [2.24, 2.45) is 5.92 Å². The van der Waals surface area contributed by atoms with Crippen LogP contribution in [0.1, 0.15) is 12.5 Å². The van der Waals surface area contributed by atoms with Gasteiger partial charge in [-0.15, -0.1) is 0 Å². The molecule has 0 aromatic heterocycles. The monoisotopic (exact) mass is 231 g/mol. The number of carbonyl (C=O) groups is 2. The number of hydrogen-bond acceptors (Lipinski definition) is 2. The van der Waals surface area contributed by atoms with Crippen LogP contribution in [0.15, 0.2) is 42.5 Å². The van der Waals surface area contributed by atoms with E-state index in [0.29, 0.717) is 6.42 Å². The molecule has 0 saturated carbocycles. The highest BCUT2D eigenvalue weighted by molar-refractivity contribution is 5.92. The smallest absolute Gasteiger partial charge is 0.226 e. The van der Waals surface area contributed by atoms with E-state index in [-0.39, 0.29) is 17.6 Å². The maximum absolute atomic E-state index is 11.6. The van der Waals surface area contributed by atoms with Gasteiger partial charge in [-0.2, -0.15) is 0 Å². The largest absolute Gasteiger partial charge is 0.359 e. The molecule has 0 radical (unpaired) electrons. The molecule has 0 heterocycles. The zero-order valence-corrected chi connectivity index (χ0v) is 10.1. The third-order valence-corrected chi connectivity index (χ3v) is 2.45. The molecule has 1 amide bonds. The third-order valence-electron chi connectivity index (χ3n) is 2.45. The summed E-state index contributed by atoms with van der Waals surface area (Å²) in [7, 11) is 1.58. The summed E-state index contributed by atoms with van der Waals surface area (Å²) in [5, 5.41) is 2.54. The molecule has 0 bridgehead atoms. The first kappa shape index (κ1) is 13.2. The summed E-state index contributed by atoms with van der Waals surface area (Å²) in [5.41, 5.74) is 0.981. The number of amides is 1. The Bertz CT molecular complexity index is 409. The fourth-order valence-corrected chi connectivity index (χ4v) is 1.42. The van der Waals surface area contributed by atoms with Crippen molar-refractivity contribution in [2.45, 2.75) is 13.3 Å². The zero-order chi connectivity index (χ0) is 12.7. The molecular formula is C14H17NO2. The molecule has 17 heavy (non-hydrogen) atoms. The van der Waals surface area contributed by atoms with Gasteiger partial charge in [0.1, 0.15) is 0 Å². The minimum Gasteiger partial charge on any atom is -0.359 e. The standard InChI is InChI=1S/C14H17NO2/c1-11(14(17)15-2)8-9-13(16)10-12-6-4-3-5-7-12/h3-9,11H,10H2,1-2H3,(H,15,17). The second-order valence-corrected chi connectivity index (χ2v) is 3.89. The van der Waals surface area contributed by atoms with E-state index in [1.807, 2.05) is 30.3 Å². The van der Waals surface area contributed by atoms with Crippen LogP contribution in [-0.4, -0.2) is 18.7 Å². The van der Waals surface area contributed by atoms with E-state index in [1.165, 1.54) is 6.08 Å². The zero-order valence-electron chi connectivity index (χ0n) is 10.1. The topological polar surface area (TPSA) is 46.2 Å². The van der Waals surface area contributed by atoms with Gasteiger partial charge >= 0.3 is 0 Å². The van der Waals surface area contributed by atoms with Gasteiger partial charge in [0.2, 0.25) is 5.91 Å². The molecule has 3 nitrogen and oxygen atoms in total. The van der Waals surface area contributed by atoms with Gasteiger partial charge in [0, 0.05) is 13.5 Å². The first-order valence-electron chi connectivity index (χ1n) is 5.60. The molecule has 1 unspecified atom stereocenters. The Morgan fingerprint density at radius 2 is 1.94 bits per heavy atom. The highest BCUT2D eigenvalue weighted by Crippen LogP contribution is 2.02. The third kappa shape index (κ3) is 4.64. The maximum atomic E-state index is 11.6. The lowest BCUT2D eigenvalue weighted by atomic mass is 10.1. The van der Waals surface area contributed by atoms with Gasteiger partial charge in [0.15, 0.2) is 5.78 Å². The first-order chi connectivity index (χ1) is 8.13. The minimum atomic E-state index is -0.278. The molecular weight excluding hydrogens is 214 g/mol. The first-order valence-corrected chi connectivity index (χ1v) is 5.60. The summed E-state index contributed by atoms with van der Waals surface area (Å²) in [6.07, 6.45) is 3.48. The summed E-state index contributed by atoms with van der Waals surface area (Å²) in [6.45, 7) is 1.76. The number of allylic oxidation sites excluding steroid dienone is 1. The van der Waals surface area contributed by atoms with Gasteiger partial charge in [-0.1, -0.05) is 43.3 Å². The molecule has 0 aliphatic heterocycles. The molecule has 0 aliphatic carbocycles. The van der Waals surface area contributed by atoms with Crippen molar-refractivity contribution in [3.05, 3.63) is 48.0 Å². The van der Waals surface area contributed by atoms with Crippen LogP contribution in [0.5, 0.6) is 0 Å². The summed E-state index contributed by atoms with van der Waals surface area (Å²) in [5.74, 6) is -0.361. The van der Waals surface area contributed by atoms with E-state index in [1.54, 1.807) is 20.0 Å². The van der Waals surface area contributed by atoms with Crippen molar-refractivity contribution < 1.29 is 9.59 Å². The van der Waals surface area contributed by atoms with E-state index >= 15 is 0 Å². The van der Waals surface area contributed by atoms with Crippen LogP contribution in [0.3, 0.4) is 0 Å². The Balaban J connectivity index is 2.50. The SMILES string of the molecule is CNC(=O)C(C)C=CC(=O)Cc1ccccc1. The van der Waals surface area contributed by atoms with E-state index in [2.05, 4.69) is 5.32 Å². The molecule has 1 atom stereocenters. The normalized spacial score (nSPS) is 12.4. The predicted octanol–water partition coefficient (Wildman–Crippen LogP) is 1.74. The van der Waals surface area contributed by atoms with Crippen LogP contribution in [0.25, 0.3) is 0 Å². The van der Waals surface area contributed by atoms with E-state index in [0.717, 1.165) is 5.56 Å². The van der Waals surface area contributed by atoms with Crippen LogP contribution in [0, 0.1) is 5.92 Å². The van der Waals surface area contributed by atoms with Crippen LogP contribution in [0.2, 0.25) is 0 Å². The molecule has 1 aromatic carbocycles. The fourth-order valence-electron chi connectivity index (χ4n) is 1.42. The van der Waals surface area contributed by atoms with Crippen molar-refractivity contribution in [3.8, 4) is 0 Å². The summed E-state index contributed by atoms with van der Waals surface area (Å²) < 4.78 is 0. The van der Waals surface area contributed by atoms with Crippen LogP contribution in [-0.2, 0) is 16.0 Å². The summed E-state index contributed by atoms with van der Waals surface area (Å²) in [4.78, 5) is 22.8. The molecule has 0 spiro atoms. The van der Waals surface area contributed by atoms with Gasteiger partial charge in [0.25, 0.3) is 0 Å². The highest BCUT2D eigenvalue weighted by Gasteiger charge is 2.07. The van der Waals surface area contributed by atoms with Crippen molar-refractivity contribution in [1.29, 1.82) is 0 Å². The van der Waals surface area contributed by atoms with Crippen molar-refractivity contribution in [3.63, 3.8) is 0 Å². The maximum Gasteiger partial charge on any atom is 0.226 e. The van der Waals surface area contributed by atoms with E-state index in [4.69, 9.17) is 0 Å². The minimum absolute atomic E-state index is 0.00644. The predicted molar refractivity (Wildman–Crippen MR) is 67.5 cm³/mol. The fraction of sp³-hybridized carbons (Fsp3) is 0.286. The molecule has 0 fully saturated rings. The van der Waals surface area contributed by atoms with Crippen LogP contribution in [0.4, 0.5) is 0 Å². The lowest BCUT2D eigenvalue weighted by Crippen LogP contribution is -2.24. The van der Waals surface area contributed by atoms with Crippen LogP contribution < -0.4 is 5.32 Å². The van der Waals surface area contributed by atoms with Gasteiger partial charge in [0.05, 0.1) is 5.92 Å². The molecule has 0 aliphatic rings. The number of nitrogens with one attached hydrogen (secondary N) is 1. The highest BCUT2D eigenvalue weighted by atomic mass is 16.1. The molecule has 90 valence electrons. The van der Waals surface area contributed by atoms with E-state index < -0.39 is 0 Å². The van der Waals surface area contributed by atoms with Gasteiger partial charge in [-0.25, -0.2) is 0 Å².